The fourth-order valence-corrected chi connectivity index (χ4v) is 4.02. The van der Waals surface area contributed by atoms with E-state index in [4.69, 9.17) is 5.73 Å². The maximum absolute atomic E-state index is 12.6. The van der Waals surface area contributed by atoms with Gasteiger partial charge in [-0.15, -0.1) is 0 Å². The lowest BCUT2D eigenvalue weighted by molar-refractivity contribution is -0.142. The summed E-state index contributed by atoms with van der Waals surface area (Å²) in [7, 11) is 0. The Morgan fingerprint density at radius 1 is 1.13 bits per heavy atom. The van der Waals surface area contributed by atoms with E-state index in [1.807, 2.05) is 0 Å². The molecule has 2 aliphatic rings. The molecule has 170 valence electrons. The summed E-state index contributed by atoms with van der Waals surface area (Å²) in [6.07, 6.45) is 5.02. The Balaban J connectivity index is 1.77. The van der Waals surface area contributed by atoms with Crippen molar-refractivity contribution in [2.45, 2.75) is 51.0 Å². The Bertz CT molecular complexity index is 608. The third kappa shape index (κ3) is 7.91. The van der Waals surface area contributed by atoms with Crippen molar-refractivity contribution in [3.63, 3.8) is 0 Å². The van der Waals surface area contributed by atoms with Gasteiger partial charge in [0.2, 0.25) is 17.7 Å². The third-order valence-corrected chi connectivity index (χ3v) is 5.86. The minimum absolute atomic E-state index is 0.0226. The summed E-state index contributed by atoms with van der Waals surface area (Å²) < 4.78 is 0. The SMILES string of the molecule is NCCC(=O)N[C@@H](CNC(=O)[C@@H]1CCCN(C(=O)CCC2CCNCC2)C1)C(=O)O. The van der Waals surface area contributed by atoms with Gasteiger partial charge in [0.15, 0.2) is 0 Å². The van der Waals surface area contributed by atoms with Gasteiger partial charge in [0.1, 0.15) is 6.04 Å². The van der Waals surface area contributed by atoms with Crippen molar-refractivity contribution in [3.05, 3.63) is 0 Å². The maximum Gasteiger partial charge on any atom is 0.328 e. The van der Waals surface area contributed by atoms with Crippen LogP contribution < -0.4 is 21.7 Å². The molecule has 0 aliphatic carbocycles. The van der Waals surface area contributed by atoms with Crippen LogP contribution in [0.4, 0.5) is 0 Å². The number of carboxylic acid groups (broad SMARTS) is 1. The molecule has 3 amide bonds. The summed E-state index contributed by atoms with van der Waals surface area (Å²) >= 11 is 0. The second kappa shape index (κ2) is 12.5. The predicted octanol–water partition coefficient (Wildman–Crippen LogP) is -0.961. The smallest absolute Gasteiger partial charge is 0.328 e. The normalized spacial score (nSPS) is 21.0. The number of hydrogen-bond donors (Lipinski definition) is 5. The van der Waals surface area contributed by atoms with Crippen LogP contribution in [0.15, 0.2) is 0 Å². The van der Waals surface area contributed by atoms with Gasteiger partial charge in [0.25, 0.3) is 0 Å². The topological polar surface area (TPSA) is 154 Å². The Kier molecular flexibility index (Phi) is 10.0. The zero-order valence-corrected chi connectivity index (χ0v) is 17.5. The summed E-state index contributed by atoms with van der Waals surface area (Å²) in [5, 5.41) is 17.5. The molecule has 2 saturated heterocycles. The van der Waals surface area contributed by atoms with E-state index < -0.39 is 17.9 Å². The van der Waals surface area contributed by atoms with Gasteiger partial charge in [-0.25, -0.2) is 4.79 Å². The van der Waals surface area contributed by atoms with Crippen molar-refractivity contribution in [3.8, 4) is 0 Å². The minimum Gasteiger partial charge on any atom is -0.480 e. The van der Waals surface area contributed by atoms with Crippen LogP contribution in [0.2, 0.25) is 0 Å². The number of carbonyl (C=O) groups is 4. The highest BCUT2D eigenvalue weighted by Crippen LogP contribution is 2.21. The van der Waals surface area contributed by atoms with Gasteiger partial charge in [-0.2, -0.15) is 0 Å². The predicted molar refractivity (Wildman–Crippen MR) is 110 cm³/mol. The van der Waals surface area contributed by atoms with Crippen molar-refractivity contribution < 1.29 is 24.3 Å². The summed E-state index contributed by atoms with van der Waals surface area (Å²) in [5.41, 5.74) is 5.29. The summed E-state index contributed by atoms with van der Waals surface area (Å²) in [6.45, 7) is 2.94. The number of nitrogens with two attached hydrogens (primary N) is 1. The molecule has 0 radical (unpaired) electrons. The summed E-state index contributed by atoms with van der Waals surface area (Å²) in [6, 6.07) is -1.21. The highest BCUT2D eigenvalue weighted by molar-refractivity contribution is 5.85. The van der Waals surface area contributed by atoms with Crippen LogP contribution in [0, 0.1) is 11.8 Å². The van der Waals surface area contributed by atoms with Crippen LogP contribution in [-0.2, 0) is 19.2 Å². The largest absolute Gasteiger partial charge is 0.480 e. The first-order valence-electron chi connectivity index (χ1n) is 10.9. The molecule has 6 N–H and O–H groups in total. The fourth-order valence-electron chi connectivity index (χ4n) is 4.02. The number of aliphatic carboxylic acids is 1. The van der Waals surface area contributed by atoms with Crippen LogP contribution in [-0.4, -0.2) is 79.0 Å². The lowest BCUT2D eigenvalue weighted by Crippen LogP contribution is -2.51. The maximum atomic E-state index is 12.6. The quantitative estimate of drug-likeness (QED) is 0.302. The second-order valence-corrected chi connectivity index (χ2v) is 8.15. The molecule has 0 aromatic heterocycles. The first kappa shape index (κ1) is 24.1. The number of amides is 3. The number of nitrogens with zero attached hydrogens (tertiary/aromatic N) is 1. The van der Waals surface area contributed by atoms with Gasteiger partial charge in [-0.1, -0.05) is 0 Å². The molecule has 2 fully saturated rings. The average molecular weight is 426 g/mol. The van der Waals surface area contributed by atoms with E-state index in [2.05, 4.69) is 16.0 Å². The van der Waals surface area contributed by atoms with Gasteiger partial charge < -0.3 is 31.7 Å². The van der Waals surface area contributed by atoms with E-state index in [-0.39, 0.29) is 37.2 Å². The van der Waals surface area contributed by atoms with Gasteiger partial charge >= 0.3 is 5.97 Å². The number of piperidine rings is 2. The van der Waals surface area contributed by atoms with E-state index in [0.717, 1.165) is 38.8 Å². The number of rotatable bonds is 10. The number of likely N-dealkylation sites (tertiary alicyclic amines) is 1. The Labute approximate surface area is 177 Å². The second-order valence-electron chi connectivity index (χ2n) is 8.15. The van der Waals surface area contributed by atoms with E-state index in [1.54, 1.807) is 4.90 Å². The van der Waals surface area contributed by atoms with E-state index in [0.29, 0.717) is 31.8 Å². The van der Waals surface area contributed by atoms with Gasteiger partial charge in [-0.3, -0.25) is 14.4 Å². The molecule has 0 saturated carbocycles. The highest BCUT2D eigenvalue weighted by atomic mass is 16.4. The van der Waals surface area contributed by atoms with Crippen LogP contribution in [0.3, 0.4) is 0 Å². The molecule has 2 atom stereocenters. The van der Waals surface area contributed by atoms with Crippen LogP contribution in [0.25, 0.3) is 0 Å². The fraction of sp³-hybridized carbons (Fsp3) is 0.800. The molecular weight excluding hydrogens is 390 g/mol. The van der Waals surface area contributed by atoms with Crippen molar-refractivity contribution in [1.29, 1.82) is 0 Å². The van der Waals surface area contributed by atoms with E-state index >= 15 is 0 Å². The van der Waals surface area contributed by atoms with Crippen molar-refractivity contribution in [2.24, 2.45) is 17.6 Å². The molecule has 0 spiro atoms. The van der Waals surface area contributed by atoms with Gasteiger partial charge in [-0.05, 0) is 51.1 Å². The molecule has 2 rings (SSSR count). The minimum atomic E-state index is -1.22. The van der Waals surface area contributed by atoms with Crippen molar-refractivity contribution in [2.75, 3.05) is 39.3 Å². The summed E-state index contributed by atoms with van der Waals surface area (Å²) in [5.74, 6) is -1.67. The van der Waals surface area contributed by atoms with E-state index in [1.165, 1.54) is 0 Å². The molecule has 2 heterocycles. The van der Waals surface area contributed by atoms with Crippen molar-refractivity contribution >= 4 is 23.7 Å². The lowest BCUT2D eigenvalue weighted by Gasteiger charge is -2.33. The van der Waals surface area contributed by atoms with Crippen LogP contribution in [0.5, 0.6) is 0 Å². The van der Waals surface area contributed by atoms with E-state index in [9.17, 15) is 24.3 Å². The van der Waals surface area contributed by atoms with Crippen molar-refractivity contribution in [1.82, 2.24) is 20.9 Å². The Morgan fingerprint density at radius 3 is 2.53 bits per heavy atom. The molecule has 0 aromatic rings. The zero-order chi connectivity index (χ0) is 21.9. The summed E-state index contributed by atoms with van der Waals surface area (Å²) in [4.78, 5) is 49.8. The molecule has 0 unspecified atom stereocenters. The standard InChI is InChI=1S/C20H35N5O5/c21-8-5-17(26)24-16(20(29)30)12-23-19(28)15-2-1-11-25(13-15)18(27)4-3-14-6-9-22-10-7-14/h14-16,22H,1-13,21H2,(H,23,28)(H,24,26)(H,29,30)/t15-,16+/m1/s1. The third-order valence-electron chi connectivity index (χ3n) is 5.86. The highest BCUT2D eigenvalue weighted by Gasteiger charge is 2.30. The number of nitrogens with one attached hydrogen (secondary N) is 3. The molecule has 30 heavy (non-hydrogen) atoms. The Morgan fingerprint density at radius 2 is 1.87 bits per heavy atom. The lowest BCUT2D eigenvalue weighted by atomic mass is 9.92. The average Bonchev–Trinajstić information content (AvgIpc) is 2.75. The molecule has 0 bridgehead atoms. The number of carboxylic acids is 1. The zero-order valence-electron chi connectivity index (χ0n) is 17.5. The first-order valence-corrected chi connectivity index (χ1v) is 10.9. The molecule has 10 nitrogen and oxygen atoms in total. The molecule has 10 heteroatoms. The first-order chi connectivity index (χ1) is 14.4. The molecule has 0 aromatic carbocycles. The number of hydrogen-bond acceptors (Lipinski definition) is 6. The molecular formula is C20H35N5O5. The van der Waals surface area contributed by atoms with Gasteiger partial charge in [0.05, 0.1) is 5.92 Å². The molecule has 2 aliphatic heterocycles. The van der Waals surface area contributed by atoms with Crippen LogP contribution >= 0.6 is 0 Å². The monoisotopic (exact) mass is 425 g/mol. The number of carbonyl (C=O) groups excluding carboxylic acids is 3. The van der Waals surface area contributed by atoms with Crippen LogP contribution in [0.1, 0.15) is 44.9 Å². The van der Waals surface area contributed by atoms with Gasteiger partial charge in [0, 0.05) is 39.0 Å². The Hall–Kier alpha value is -2.20.